The number of aromatic nitrogens is 2. The van der Waals surface area contributed by atoms with Crippen LogP contribution >= 0.6 is 0 Å². The Balaban J connectivity index is 2.22. The highest BCUT2D eigenvalue weighted by Gasteiger charge is 2.05. The first kappa shape index (κ1) is 13.0. The van der Waals surface area contributed by atoms with E-state index in [1.165, 1.54) is 12.8 Å². The molecule has 1 aromatic heterocycles. The van der Waals surface area contributed by atoms with Gasteiger partial charge in [0, 0.05) is 12.6 Å². The molecule has 5 heteroatoms. The lowest BCUT2D eigenvalue weighted by atomic mass is 10.2. The predicted octanol–water partition coefficient (Wildman–Crippen LogP) is 2.17. The number of nitrogens with one attached hydrogen (secondary N) is 2. The van der Waals surface area contributed by atoms with E-state index in [0.717, 1.165) is 13.0 Å². The van der Waals surface area contributed by atoms with E-state index in [2.05, 4.69) is 41.6 Å². The molecule has 0 amide bonds. The maximum absolute atomic E-state index is 5.42. The quantitative estimate of drug-likeness (QED) is 0.665. The van der Waals surface area contributed by atoms with E-state index in [4.69, 9.17) is 4.42 Å². The highest BCUT2D eigenvalue weighted by molar-refractivity contribution is 5.16. The topological polar surface area (TPSA) is 63.0 Å². The second-order valence-electron chi connectivity index (χ2n) is 4.17. The van der Waals surface area contributed by atoms with Gasteiger partial charge in [0.15, 0.2) is 0 Å². The van der Waals surface area contributed by atoms with E-state index < -0.39 is 0 Å². The van der Waals surface area contributed by atoms with E-state index in [-0.39, 0.29) is 0 Å². The minimum atomic E-state index is 0.424. The molecule has 1 aromatic rings. The fraction of sp³-hybridized carbons (Fsp3) is 0.818. The Bertz CT molecular complexity index is 285. The highest BCUT2D eigenvalue weighted by atomic mass is 16.4. The average molecular weight is 226 g/mol. The number of hydrogen-bond donors (Lipinski definition) is 2. The first-order valence-electron chi connectivity index (χ1n) is 6.02. The van der Waals surface area contributed by atoms with Crippen molar-refractivity contribution < 1.29 is 4.42 Å². The highest BCUT2D eigenvalue weighted by Crippen LogP contribution is 2.05. The molecule has 0 atom stereocenters. The lowest BCUT2D eigenvalue weighted by Crippen LogP contribution is -2.21. The van der Waals surface area contributed by atoms with E-state index in [1.807, 2.05) is 0 Å². The lowest BCUT2D eigenvalue weighted by Gasteiger charge is -2.03. The Labute approximate surface area is 97.0 Å². The smallest absolute Gasteiger partial charge is 0.315 e. The van der Waals surface area contributed by atoms with Crippen LogP contribution in [0.25, 0.3) is 0 Å². The van der Waals surface area contributed by atoms with Crippen molar-refractivity contribution in [2.75, 3.05) is 11.9 Å². The monoisotopic (exact) mass is 226 g/mol. The van der Waals surface area contributed by atoms with Gasteiger partial charge in [0.25, 0.3) is 0 Å². The maximum atomic E-state index is 5.42. The molecule has 0 unspecified atom stereocenters. The number of unbranched alkanes of at least 4 members (excludes halogenated alkanes) is 2. The zero-order valence-corrected chi connectivity index (χ0v) is 10.4. The van der Waals surface area contributed by atoms with Gasteiger partial charge in [0.05, 0.1) is 6.54 Å². The molecule has 0 fully saturated rings. The van der Waals surface area contributed by atoms with Crippen LogP contribution in [0.2, 0.25) is 0 Å². The second kappa shape index (κ2) is 7.22. The van der Waals surface area contributed by atoms with Gasteiger partial charge in [0.1, 0.15) is 0 Å². The predicted molar refractivity (Wildman–Crippen MR) is 64.3 cm³/mol. The van der Waals surface area contributed by atoms with Gasteiger partial charge in [-0.25, -0.2) is 0 Å². The summed E-state index contributed by atoms with van der Waals surface area (Å²) in [4.78, 5) is 0. The molecule has 0 saturated heterocycles. The van der Waals surface area contributed by atoms with E-state index in [9.17, 15) is 0 Å². The third kappa shape index (κ3) is 5.11. The van der Waals surface area contributed by atoms with Crippen LogP contribution in [0.15, 0.2) is 4.42 Å². The summed E-state index contributed by atoms with van der Waals surface area (Å²) in [5, 5.41) is 14.2. The molecular weight excluding hydrogens is 204 g/mol. The standard InChI is InChI=1S/C11H22N4O/c1-4-5-6-7-12-11-15-14-10(16-11)8-13-9(2)3/h9,13H,4-8H2,1-3H3,(H,12,15). The van der Waals surface area contributed by atoms with Crippen LogP contribution in [0.3, 0.4) is 0 Å². The molecule has 1 heterocycles. The molecule has 16 heavy (non-hydrogen) atoms. The molecule has 5 nitrogen and oxygen atoms in total. The Morgan fingerprint density at radius 2 is 2.06 bits per heavy atom. The summed E-state index contributed by atoms with van der Waals surface area (Å²) in [6.45, 7) is 7.87. The zero-order valence-electron chi connectivity index (χ0n) is 10.4. The lowest BCUT2D eigenvalue weighted by molar-refractivity contribution is 0.458. The molecular formula is C11H22N4O. The zero-order chi connectivity index (χ0) is 11.8. The van der Waals surface area contributed by atoms with Gasteiger partial charge >= 0.3 is 6.01 Å². The van der Waals surface area contributed by atoms with Crippen LogP contribution in [0.1, 0.15) is 45.9 Å². The third-order valence-corrected chi connectivity index (χ3v) is 2.18. The first-order chi connectivity index (χ1) is 7.72. The Hall–Kier alpha value is -1.10. The molecule has 0 saturated carbocycles. The summed E-state index contributed by atoms with van der Waals surface area (Å²) in [5.41, 5.74) is 0. The summed E-state index contributed by atoms with van der Waals surface area (Å²) < 4.78 is 5.42. The Morgan fingerprint density at radius 3 is 2.75 bits per heavy atom. The van der Waals surface area contributed by atoms with Crippen LogP contribution in [-0.4, -0.2) is 22.8 Å². The van der Waals surface area contributed by atoms with Crippen molar-refractivity contribution in [2.45, 2.75) is 52.6 Å². The van der Waals surface area contributed by atoms with E-state index in [0.29, 0.717) is 24.5 Å². The summed E-state index contributed by atoms with van der Waals surface area (Å²) >= 11 is 0. The number of hydrogen-bond acceptors (Lipinski definition) is 5. The van der Waals surface area contributed by atoms with Crippen molar-refractivity contribution in [1.82, 2.24) is 15.5 Å². The molecule has 0 aliphatic carbocycles. The van der Waals surface area contributed by atoms with Crippen LogP contribution in [0, 0.1) is 0 Å². The summed E-state index contributed by atoms with van der Waals surface area (Å²) in [6.07, 6.45) is 3.58. The van der Waals surface area contributed by atoms with Crippen molar-refractivity contribution in [1.29, 1.82) is 0 Å². The van der Waals surface area contributed by atoms with Crippen LogP contribution in [-0.2, 0) is 6.54 Å². The molecule has 0 aliphatic heterocycles. The van der Waals surface area contributed by atoms with Gasteiger partial charge in [0.2, 0.25) is 5.89 Å². The normalized spacial score (nSPS) is 11.0. The van der Waals surface area contributed by atoms with Crippen molar-refractivity contribution in [3.8, 4) is 0 Å². The average Bonchev–Trinajstić information content (AvgIpc) is 2.70. The molecule has 0 bridgehead atoms. The first-order valence-corrected chi connectivity index (χ1v) is 6.02. The van der Waals surface area contributed by atoms with Crippen molar-refractivity contribution in [2.24, 2.45) is 0 Å². The Morgan fingerprint density at radius 1 is 1.25 bits per heavy atom. The van der Waals surface area contributed by atoms with Gasteiger partial charge in [-0.3, -0.25) is 0 Å². The largest absolute Gasteiger partial charge is 0.407 e. The second-order valence-corrected chi connectivity index (χ2v) is 4.17. The molecule has 0 radical (unpaired) electrons. The molecule has 92 valence electrons. The fourth-order valence-electron chi connectivity index (χ4n) is 1.26. The van der Waals surface area contributed by atoms with Crippen molar-refractivity contribution in [3.05, 3.63) is 5.89 Å². The van der Waals surface area contributed by atoms with Gasteiger partial charge in [-0.05, 0) is 6.42 Å². The summed E-state index contributed by atoms with van der Waals surface area (Å²) in [7, 11) is 0. The number of nitrogens with zero attached hydrogens (tertiary/aromatic N) is 2. The van der Waals surface area contributed by atoms with Gasteiger partial charge in [-0.2, -0.15) is 0 Å². The molecule has 1 rings (SSSR count). The molecule has 0 aliphatic rings. The molecule has 2 N–H and O–H groups in total. The minimum absolute atomic E-state index is 0.424. The van der Waals surface area contributed by atoms with E-state index >= 15 is 0 Å². The number of rotatable bonds is 8. The number of anilines is 1. The van der Waals surface area contributed by atoms with Crippen molar-refractivity contribution >= 4 is 6.01 Å². The fourth-order valence-corrected chi connectivity index (χ4v) is 1.26. The van der Waals surface area contributed by atoms with Crippen LogP contribution in [0.5, 0.6) is 0 Å². The van der Waals surface area contributed by atoms with Gasteiger partial charge in [-0.1, -0.05) is 38.7 Å². The third-order valence-electron chi connectivity index (χ3n) is 2.18. The SMILES string of the molecule is CCCCCNc1nnc(CNC(C)C)o1. The van der Waals surface area contributed by atoms with Crippen molar-refractivity contribution in [3.63, 3.8) is 0 Å². The van der Waals surface area contributed by atoms with Gasteiger partial charge < -0.3 is 15.1 Å². The van der Waals surface area contributed by atoms with Gasteiger partial charge in [-0.15, -0.1) is 5.10 Å². The van der Waals surface area contributed by atoms with E-state index in [1.54, 1.807) is 0 Å². The summed E-state index contributed by atoms with van der Waals surface area (Å²) in [5.74, 6) is 0.631. The summed E-state index contributed by atoms with van der Waals surface area (Å²) in [6, 6.07) is 0.949. The maximum Gasteiger partial charge on any atom is 0.315 e. The molecule has 0 aromatic carbocycles. The van der Waals surface area contributed by atoms with Crippen LogP contribution in [0.4, 0.5) is 6.01 Å². The molecule has 0 spiro atoms. The Kier molecular flexibility index (Phi) is 5.85. The van der Waals surface area contributed by atoms with Crippen LogP contribution < -0.4 is 10.6 Å². The minimum Gasteiger partial charge on any atom is -0.407 e.